The summed E-state index contributed by atoms with van der Waals surface area (Å²) < 4.78 is 13.1. The predicted molar refractivity (Wildman–Crippen MR) is 118 cm³/mol. The SMILES string of the molecule is CCCN(C(=O)c1sc(Cc2ccc(F)cc2)nc1C)C1CCNCC1.Cl.Cl. The number of aromatic nitrogens is 1. The van der Waals surface area contributed by atoms with Crippen LogP contribution in [-0.2, 0) is 6.42 Å². The molecule has 0 atom stereocenters. The van der Waals surface area contributed by atoms with Gasteiger partial charge in [-0.05, 0) is 57.0 Å². The second-order valence-electron chi connectivity index (χ2n) is 6.81. The number of nitrogens with one attached hydrogen (secondary N) is 1. The number of carbonyl (C=O) groups excluding carboxylic acids is 1. The number of piperidine rings is 1. The molecule has 0 saturated carbocycles. The van der Waals surface area contributed by atoms with Crippen molar-refractivity contribution in [2.75, 3.05) is 19.6 Å². The Labute approximate surface area is 182 Å². The van der Waals surface area contributed by atoms with Crippen molar-refractivity contribution in [2.45, 2.75) is 45.6 Å². The second-order valence-corrected chi connectivity index (χ2v) is 7.89. The molecule has 0 unspecified atom stereocenters. The summed E-state index contributed by atoms with van der Waals surface area (Å²) in [6.45, 7) is 6.74. The van der Waals surface area contributed by atoms with Gasteiger partial charge in [0.05, 0.1) is 10.7 Å². The monoisotopic (exact) mass is 447 g/mol. The van der Waals surface area contributed by atoms with Gasteiger partial charge in [-0.25, -0.2) is 9.37 Å². The van der Waals surface area contributed by atoms with Crippen LogP contribution >= 0.6 is 36.2 Å². The number of rotatable bonds is 6. The van der Waals surface area contributed by atoms with E-state index < -0.39 is 0 Å². The summed E-state index contributed by atoms with van der Waals surface area (Å²) in [5.74, 6) is -0.128. The number of benzene rings is 1. The third kappa shape index (κ3) is 6.14. The molecule has 8 heteroatoms. The summed E-state index contributed by atoms with van der Waals surface area (Å²) in [5, 5.41) is 4.26. The van der Waals surface area contributed by atoms with Gasteiger partial charge < -0.3 is 10.2 Å². The first kappa shape index (κ1) is 24.8. The normalized spacial score (nSPS) is 14.1. The van der Waals surface area contributed by atoms with Crippen LogP contribution in [0.5, 0.6) is 0 Å². The number of nitrogens with zero attached hydrogens (tertiary/aromatic N) is 2. The molecule has 1 aromatic heterocycles. The van der Waals surface area contributed by atoms with E-state index in [4.69, 9.17) is 0 Å². The molecule has 1 aliphatic rings. The molecule has 0 radical (unpaired) electrons. The smallest absolute Gasteiger partial charge is 0.266 e. The Morgan fingerprint density at radius 3 is 2.50 bits per heavy atom. The fourth-order valence-electron chi connectivity index (χ4n) is 3.44. The minimum atomic E-state index is -0.239. The zero-order chi connectivity index (χ0) is 18.5. The molecule has 1 fully saturated rings. The minimum absolute atomic E-state index is 0. The van der Waals surface area contributed by atoms with E-state index in [1.807, 2.05) is 11.8 Å². The molecule has 0 bridgehead atoms. The molecule has 1 aromatic carbocycles. The number of hydrogen-bond donors (Lipinski definition) is 1. The molecule has 0 aliphatic carbocycles. The average Bonchev–Trinajstić information content (AvgIpc) is 3.02. The molecule has 1 saturated heterocycles. The van der Waals surface area contributed by atoms with Crippen molar-refractivity contribution in [3.05, 3.63) is 51.2 Å². The molecule has 2 aromatic rings. The highest BCUT2D eigenvalue weighted by atomic mass is 35.5. The van der Waals surface area contributed by atoms with E-state index in [2.05, 4.69) is 17.2 Å². The van der Waals surface area contributed by atoms with Crippen molar-refractivity contribution in [3.8, 4) is 0 Å². The van der Waals surface area contributed by atoms with E-state index in [-0.39, 0.29) is 36.5 Å². The summed E-state index contributed by atoms with van der Waals surface area (Å²) in [4.78, 5) is 20.6. The highest BCUT2D eigenvalue weighted by Crippen LogP contribution is 2.25. The molecule has 1 N–H and O–H groups in total. The Bertz CT molecular complexity index is 748. The number of hydrogen-bond acceptors (Lipinski definition) is 4. The zero-order valence-electron chi connectivity index (χ0n) is 16.2. The molecule has 3 rings (SSSR count). The number of amides is 1. The van der Waals surface area contributed by atoms with Gasteiger partial charge in [-0.15, -0.1) is 36.2 Å². The topological polar surface area (TPSA) is 45.2 Å². The maximum Gasteiger partial charge on any atom is 0.266 e. The zero-order valence-corrected chi connectivity index (χ0v) is 18.7. The quantitative estimate of drug-likeness (QED) is 0.701. The average molecular weight is 448 g/mol. The van der Waals surface area contributed by atoms with Crippen LogP contribution in [0.4, 0.5) is 4.39 Å². The van der Waals surface area contributed by atoms with Crippen molar-refractivity contribution in [1.82, 2.24) is 15.2 Å². The number of thiazole rings is 1. The van der Waals surface area contributed by atoms with Gasteiger partial charge in [-0.1, -0.05) is 19.1 Å². The van der Waals surface area contributed by atoms with Gasteiger partial charge in [-0.3, -0.25) is 4.79 Å². The summed E-state index contributed by atoms with van der Waals surface area (Å²) in [7, 11) is 0. The fourth-order valence-corrected chi connectivity index (χ4v) is 4.50. The standard InChI is InChI=1S/C20H26FN3OS.2ClH/c1-3-12-24(17-8-10-22-11-9-17)20(25)19-14(2)23-18(26-19)13-15-4-6-16(21)7-5-15;;/h4-7,17,22H,3,8-13H2,1-2H3;2*1H. The summed E-state index contributed by atoms with van der Waals surface area (Å²) in [6.07, 6.45) is 3.59. The maximum absolute atomic E-state index is 13.2. The van der Waals surface area contributed by atoms with E-state index in [9.17, 15) is 9.18 Å². The Kier molecular flexibility index (Phi) is 10.4. The number of halogens is 3. The lowest BCUT2D eigenvalue weighted by molar-refractivity contribution is 0.0646. The van der Waals surface area contributed by atoms with Crippen LogP contribution in [0.25, 0.3) is 0 Å². The van der Waals surface area contributed by atoms with Crippen LogP contribution in [-0.4, -0.2) is 41.5 Å². The van der Waals surface area contributed by atoms with Crippen molar-refractivity contribution in [2.24, 2.45) is 0 Å². The van der Waals surface area contributed by atoms with Gasteiger partial charge in [0.15, 0.2) is 0 Å². The third-order valence-corrected chi connectivity index (χ3v) is 5.92. The molecular weight excluding hydrogens is 420 g/mol. The van der Waals surface area contributed by atoms with E-state index >= 15 is 0 Å². The van der Waals surface area contributed by atoms with E-state index in [0.717, 1.165) is 60.0 Å². The second kappa shape index (κ2) is 11.7. The first-order valence-electron chi connectivity index (χ1n) is 9.31. The lowest BCUT2D eigenvalue weighted by Gasteiger charge is -2.34. The van der Waals surface area contributed by atoms with Crippen molar-refractivity contribution >= 4 is 42.1 Å². The van der Waals surface area contributed by atoms with Crippen molar-refractivity contribution < 1.29 is 9.18 Å². The molecule has 0 spiro atoms. The minimum Gasteiger partial charge on any atom is -0.335 e. The van der Waals surface area contributed by atoms with Crippen LogP contribution in [0.15, 0.2) is 24.3 Å². The van der Waals surface area contributed by atoms with Crippen molar-refractivity contribution in [3.63, 3.8) is 0 Å². The van der Waals surface area contributed by atoms with E-state index in [0.29, 0.717) is 12.5 Å². The molecule has 2 heterocycles. The van der Waals surface area contributed by atoms with Gasteiger partial charge in [0.25, 0.3) is 5.91 Å². The van der Waals surface area contributed by atoms with Gasteiger partial charge in [0, 0.05) is 19.0 Å². The summed E-state index contributed by atoms with van der Waals surface area (Å²) in [5.41, 5.74) is 1.80. The maximum atomic E-state index is 13.2. The molecule has 156 valence electrons. The summed E-state index contributed by atoms with van der Waals surface area (Å²) in [6, 6.07) is 6.77. The van der Waals surface area contributed by atoms with Crippen LogP contribution in [0.1, 0.15) is 52.1 Å². The first-order chi connectivity index (χ1) is 12.6. The number of aryl methyl sites for hydroxylation is 1. The summed E-state index contributed by atoms with van der Waals surface area (Å²) >= 11 is 1.47. The van der Waals surface area contributed by atoms with Gasteiger partial charge in [-0.2, -0.15) is 0 Å². The number of carbonyl (C=O) groups is 1. The predicted octanol–water partition coefficient (Wildman–Crippen LogP) is 4.63. The third-order valence-electron chi connectivity index (χ3n) is 4.78. The molecule has 1 aliphatic heterocycles. The lowest BCUT2D eigenvalue weighted by atomic mass is 10.0. The first-order valence-corrected chi connectivity index (χ1v) is 10.1. The molecule has 28 heavy (non-hydrogen) atoms. The Hall–Kier alpha value is -1.21. The fraction of sp³-hybridized carbons (Fsp3) is 0.500. The molecule has 1 amide bonds. The van der Waals surface area contributed by atoms with Crippen LogP contribution in [0, 0.1) is 12.7 Å². The van der Waals surface area contributed by atoms with Crippen LogP contribution < -0.4 is 5.32 Å². The van der Waals surface area contributed by atoms with Crippen LogP contribution in [0.2, 0.25) is 0 Å². The van der Waals surface area contributed by atoms with Gasteiger partial charge >= 0.3 is 0 Å². The van der Waals surface area contributed by atoms with Gasteiger partial charge in [0.2, 0.25) is 0 Å². The largest absolute Gasteiger partial charge is 0.335 e. The lowest BCUT2D eigenvalue weighted by Crippen LogP contribution is -2.46. The van der Waals surface area contributed by atoms with Crippen LogP contribution in [0.3, 0.4) is 0 Å². The Morgan fingerprint density at radius 1 is 1.25 bits per heavy atom. The van der Waals surface area contributed by atoms with Gasteiger partial charge in [0.1, 0.15) is 10.7 Å². The Morgan fingerprint density at radius 2 is 1.89 bits per heavy atom. The molecule has 4 nitrogen and oxygen atoms in total. The highest BCUT2D eigenvalue weighted by Gasteiger charge is 2.28. The molecular formula is C20H28Cl2FN3OS. The van der Waals surface area contributed by atoms with Crippen molar-refractivity contribution in [1.29, 1.82) is 0 Å². The Balaban J connectivity index is 0.00000196. The highest BCUT2D eigenvalue weighted by molar-refractivity contribution is 7.13. The van der Waals surface area contributed by atoms with E-state index in [1.165, 1.54) is 23.5 Å². The van der Waals surface area contributed by atoms with E-state index in [1.54, 1.807) is 12.1 Å².